The van der Waals surface area contributed by atoms with E-state index in [9.17, 15) is 4.39 Å². The van der Waals surface area contributed by atoms with E-state index < -0.39 is 11.9 Å². The third kappa shape index (κ3) is 1.88. The third-order valence-electron chi connectivity index (χ3n) is 1.23. The Labute approximate surface area is 68.6 Å². The molecular weight excluding hydrogens is 169 g/mol. The van der Waals surface area contributed by atoms with Gasteiger partial charge in [-0.05, 0) is 13.0 Å². The maximum atomic E-state index is 12.8. The minimum Gasteiger partial charge on any atom is -0.387 e. The Morgan fingerprint density at radius 2 is 2.36 bits per heavy atom. The Kier molecular flexibility index (Phi) is 2.42. The molecule has 0 saturated carbocycles. The molecule has 4 heteroatoms. The van der Waals surface area contributed by atoms with Crippen LogP contribution in [0.5, 0.6) is 0 Å². The summed E-state index contributed by atoms with van der Waals surface area (Å²) in [7, 11) is 0. The van der Waals surface area contributed by atoms with E-state index in [1.165, 1.54) is 13.1 Å². The van der Waals surface area contributed by atoms with E-state index in [0.29, 0.717) is 0 Å². The van der Waals surface area contributed by atoms with Gasteiger partial charge in [-0.25, -0.2) is 4.39 Å². The fourth-order valence-electron chi connectivity index (χ4n) is 0.733. The Bertz CT molecular complexity index is 265. The maximum Gasteiger partial charge on any atom is 0.148 e. The predicted octanol–water partition coefficient (Wildman–Crippen LogP) is 1.93. The van der Waals surface area contributed by atoms with Crippen molar-refractivity contribution < 1.29 is 9.50 Å². The fraction of sp³-hybridized carbons (Fsp3) is 0.286. The topological polar surface area (TPSA) is 33.1 Å². The lowest BCUT2D eigenvalue weighted by Crippen LogP contribution is -1.98. The standard InChI is InChI=1S/C7H7ClFNO/c1-4(11)7-6(9)2-5(8)3-10-7/h2-4,11H,1H3. The average molecular weight is 176 g/mol. The van der Waals surface area contributed by atoms with Crippen LogP contribution >= 0.6 is 11.6 Å². The minimum absolute atomic E-state index is 0.0226. The van der Waals surface area contributed by atoms with E-state index in [2.05, 4.69) is 4.98 Å². The van der Waals surface area contributed by atoms with Crippen LogP contribution in [-0.4, -0.2) is 10.1 Å². The fourth-order valence-corrected chi connectivity index (χ4v) is 0.877. The summed E-state index contributed by atoms with van der Waals surface area (Å²) in [5.74, 6) is -0.576. The highest BCUT2D eigenvalue weighted by molar-refractivity contribution is 6.30. The van der Waals surface area contributed by atoms with Crippen LogP contribution in [0.4, 0.5) is 4.39 Å². The van der Waals surface area contributed by atoms with Gasteiger partial charge in [-0.1, -0.05) is 11.6 Å². The predicted molar refractivity (Wildman–Crippen MR) is 39.8 cm³/mol. The summed E-state index contributed by atoms with van der Waals surface area (Å²) in [5.41, 5.74) is 0.0226. The Hall–Kier alpha value is -0.670. The number of aliphatic hydroxyl groups excluding tert-OH is 1. The van der Waals surface area contributed by atoms with Gasteiger partial charge < -0.3 is 5.11 Å². The minimum atomic E-state index is -0.896. The number of rotatable bonds is 1. The zero-order valence-corrected chi connectivity index (χ0v) is 6.64. The number of hydrogen-bond donors (Lipinski definition) is 1. The van der Waals surface area contributed by atoms with E-state index in [1.54, 1.807) is 0 Å². The summed E-state index contributed by atoms with van der Waals surface area (Å²) >= 11 is 5.44. The molecule has 0 aliphatic rings. The lowest BCUT2D eigenvalue weighted by molar-refractivity contribution is 0.188. The van der Waals surface area contributed by atoms with Crippen molar-refractivity contribution in [3.05, 3.63) is 28.8 Å². The van der Waals surface area contributed by atoms with Gasteiger partial charge in [0.2, 0.25) is 0 Å². The smallest absolute Gasteiger partial charge is 0.148 e. The Balaban J connectivity index is 3.09. The number of aliphatic hydroxyl groups is 1. The van der Waals surface area contributed by atoms with Gasteiger partial charge >= 0.3 is 0 Å². The van der Waals surface area contributed by atoms with Crippen molar-refractivity contribution >= 4 is 11.6 Å². The lowest BCUT2D eigenvalue weighted by Gasteiger charge is -2.03. The summed E-state index contributed by atoms with van der Waals surface area (Å²) in [6, 6.07) is 1.12. The van der Waals surface area contributed by atoms with Crippen molar-refractivity contribution in [1.29, 1.82) is 0 Å². The van der Waals surface area contributed by atoms with Crippen molar-refractivity contribution in [2.24, 2.45) is 0 Å². The number of hydrogen-bond acceptors (Lipinski definition) is 2. The van der Waals surface area contributed by atoms with Crippen molar-refractivity contribution in [3.8, 4) is 0 Å². The number of aromatic nitrogens is 1. The van der Waals surface area contributed by atoms with Crippen molar-refractivity contribution in [1.82, 2.24) is 4.98 Å². The number of halogens is 2. The third-order valence-corrected chi connectivity index (χ3v) is 1.44. The monoisotopic (exact) mass is 175 g/mol. The van der Waals surface area contributed by atoms with Gasteiger partial charge in [-0.15, -0.1) is 0 Å². The SMILES string of the molecule is CC(O)c1ncc(Cl)cc1F. The van der Waals surface area contributed by atoms with E-state index >= 15 is 0 Å². The first-order valence-corrected chi connectivity index (χ1v) is 3.48. The first kappa shape index (κ1) is 8.43. The summed E-state index contributed by atoms with van der Waals surface area (Å²) in [5, 5.41) is 9.18. The highest BCUT2D eigenvalue weighted by Gasteiger charge is 2.08. The molecule has 1 aromatic rings. The second-order valence-electron chi connectivity index (χ2n) is 2.20. The van der Waals surface area contributed by atoms with Crippen LogP contribution in [0.15, 0.2) is 12.3 Å². The zero-order chi connectivity index (χ0) is 8.43. The van der Waals surface area contributed by atoms with Crippen LogP contribution < -0.4 is 0 Å². The molecule has 1 aromatic heterocycles. The Morgan fingerprint density at radius 3 is 2.82 bits per heavy atom. The molecule has 2 nitrogen and oxygen atoms in total. The summed E-state index contributed by atoms with van der Waals surface area (Å²) in [4.78, 5) is 3.62. The van der Waals surface area contributed by atoms with Crippen LogP contribution in [0.2, 0.25) is 5.02 Å². The summed E-state index contributed by atoms with van der Waals surface area (Å²) in [6.07, 6.45) is 0.402. The molecule has 0 aromatic carbocycles. The van der Waals surface area contributed by atoms with E-state index in [1.807, 2.05) is 0 Å². The van der Waals surface area contributed by atoms with Gasteiger partial charge in [0.1, 0.15) is 11.5 Å². The maximum absolute atomic E-state index is 12.8. The highest BCUT2D eigenvalue weighted by atomic mass is 35.5. The van der Waals surface area contributed by atoms with E-state index in [0.717, 1.165) is 6.07 Å². The van der Waals surface area contributed by atoms with Crippen molar-refractivity contribution in [2.75, 3.05) is 0 Å². The molecule has 0 fully saturated rings. The zero-order valence-electron chi connectivity index (χ0n) is 5.88. The van der Waals surface area contributed by atoms with Crippen LogP contribution in [0, 0.1) is 5.82 Å². The molecule has 60 valence electrons. The van der Waals surface area contributed by atoms with Crippen LogP contribution in [-0.2, 0) is 0 Å². The van der Waals surface area contributed by atoms with Crippen molar-refractivity contribution in [3.63, 3.8) is 0 Å². The Morgan fingerprint density at radius 1 is 1.73 bits per heavy atom. The summed E-state index contributed by atoms with van der Waals surface area (Å²) < 4.78 is 12.8. The molecule has 11 heavy (non-hydrogen) atoms. The normalized spacial score (nSPS) is 13.1. The molecule has 0 bridgehead atoms. The molecule has 0 amide bonds. The van der Waals surface area contributed by atoms with E-state index in [-0.39, 0.29) is 10.7 Å². The molecule has 1 heterocycles. The van der Waals surface area contributed by atoms with Gasteiger partial charge in [-0.2, -0.15) is 0 Å². The molecule has 1 atom stereocenters. The molecule has 1 rings (SSSR count). The second-order valence-corrected chi connectivity index (χ2v) is 2.63. The molecule has 0 aliphatic heterocycles. The summed E-state index contributed by atoms with van der Waals surface area (Å²) in [6.45, 7) is 1.44. The van der Waals surface area contributed by atoms with Gasteiger partial charge in [-0.3, -0.25) is 4.98 Å². The van der Waals surface area contributed by atoms with Crippen LogP contribution in [0.25, 0.3) is 0 Å². The first-order chi connectivity index (χ1) is 5.11. The quantitative estimate of drug-likeness (QED) is 0.708. The number of nitrogens with zero attached hydrogens (tertiary/aromatic N) is 1. The van der Waals surface area contributed by atoms with Gasteiger partial charge in [0, 0.05) is 6.20 Å². The molecule has 0 radical (unpaired) electrons. The first-order valence-electron chi connectivity index (χ1n) is 3.10. The van der Waals surface area contributed by atoms with E-state index in [4.69, 9.17) is 16.7 Å². The average Bonchev–Trinajstić information content (AvgIpc) is 1.85. The van der Waals surface area contributed by atoms with Gasteiger partial charge in [0.05, 0.1) is 11.1 Å². The van der Waals surface area contributed by atoms with Crippen LogP contribution in [0.3, 0.4) is 0 Å². The van der Waals surface area contributed by atoms with Crippen molar-refractivity contribution in [2.45, 2.75) is 13.0 Å². The van der Waals surface area contributed by atoms with Crippen LogP contribution in [0.1, 0.15) is 18.7 Å². The van der Waals surface area contributed by atoms with Gasteiger partial charge in [0.25, 0.3) is 0 Å². The molecular formula is C7H7ClFNO. The molecule has 1 unspecified atom stereocenters. The second kappa shape index (κ2) is 3.15. The molecule has 0 spiro atoms. The number of pyridine rings is 1. The molecule has 1 N–H and O–H groups in total. The largest absolute Gasteiger partial charge is 0.387 e. The van der Waals surface area contributed by atoms with Gasteiger partial charge in [0.15, 0.2) is 0 Å². The molecule has 0 aliphatic carbocycles. The lowest BCUT2D eigenvalue weighted by atomic mass is 10.2. The molecule has 0 saturated heterocycles. The highest BCUT2D eigenvalue weighted by Crippen LogP contribution is 2.16.